The minimum absolute atomic E-state index is 0.119. The second-order valence-corrected chi connectivity index (χ2v) is 5.09. The lowest BCUT2D eigenvalue weighted by atomic mass is 10.2. The third-order valence-corrected chi connectivity index (χ3v) is 3.26. The molecule has 0 spiro atoms. The zero-order valence-corrected chi connectivity index (χ0v) is 11.2. The Morgan fingerprint density at radius 1 is 1.06 bits per heavy atom. The van der Waals surface area contributed by atoms with E-state index in [2.05, 4.69) is 9.97 Å². The van der Waals surface area contributed by atoms with Crippen molar-refractivity contribution in [1.29, 1.82) is 0 Å². The smallest absolute Gasteiger partial charge is 0.144 e. The van der Waals surface area contributed by atoms with Crippen molar-refractivity contribution in [3.63, 3.8) is 0 Å². The molecule has 3 rings (SSSR count). The molecule has 0 saturated carbocycles. The molecular formula is C13H7F2IN2. The van der Waals surface area contributed by atoms with Crippen LogP contribution in [0.1, 0.15) is 0 Å². The normalized spacial score (nSPS) is 11.1. The predicted octanol–water partition coefficient (Wildman–Crippen LogP) is 4.11. The van der Waals surface area contributed by atoms with Crippen LogP contribution >= 0.6 is 22.6 Å². The Bertz CT molecular complexity index is 681. The lowest BCUT2D eigenvalue weighted by Crippen LogP contribution is -1.93. The number of nitrogens with one attached hydrogen (secondary N) is 1. The molecule has 0 aliphatic carbocycles. The van der Waals surface area contributed by atoms with E-state index in [-0.39, 0.29) is 11.4 Å². The van der Waals surface area contributed by atoms with Crippen molar-refractivity contribution in [3.05, 3.63) is 51.6 Å². The minimum Gasteiger partial charge on any atom is -0.338 e. The second-order valence-electron chi connectivity index (χ2n) is 3.85. The molecule has 0 aliphatic heterocycles. The summed E-state index contributed by atoms with van der Waals surface area (Å²) in [6.45, 7) is 0. The second kappa shape index (κ2) is 4.31. The highest BCUT2D eigenvalue weighted by Gasteiger charge is 2.16. The van der Waals surface area contributed by atoms with Crippen molar-refractivity contribution in [2.45, 2.75) is 0 Å². The van der Waals surface area contributed by atoms with Gasteiger partial charge in [-0.15, -0.1) is 0 Å². The Morgan fingerprint density at radius 2 is 1.72 bits per heavy atom. The van der Waals surface area contributed by atoms with Crippen molar-refractivity contribution >= 4 is 33.6 Å². The van der Waals surface area contributed by atoms with Crippen LogP contribution < -0.4 is 0 Å². The zero-order valence-electron chi connectivity index (χ0n) is 9.05. The molecule has 0 unspecified atom stereocenters. The fraction of sp³-hybridized carbons (Fsp3) is 0. The molecule has 1 N–H and O–H groups in total. The van der Waals surface area contributed by atoms with Gasteiger partial charge in [0.15, 0.2) is 0 Å². The molecule has 90 valence electrons. The van der Waals surface area contributed by atoms with Crippen molar-refractivity contribution in [3.8, 4) is 11.4 Å². The predicted molar refractivity (Wildman–Crippen MR) is 74.2 cm³/mol. The summed E-state index contributed by atoms with van der Waals surface area (Å²) in [5.74, 6) is -1.01. The fourth-order valence-corrected chi connectivity index (χ4v) is 2.39. The third kappa shape index (κ3) is 1.88. The van der Waals surface area contributed by atoms with Crippen molar-refractivity contribution in [1.82, 2.24) is 9.97 Å². The summed E-state index contributed by atoms with van der Waals surface area (Å²) < 4.78 is 28.2. The molecular weight excluding hydrogens is 349 g/mol. The van der Waals surface area contributed by atoms with Gasteiger partial charge >= 0.3 is 0 Å². The van der Waals surface area contributed by atoms with E-state index in [1.54, 1.807) is 6.07 Å². The van der Waals surface area contributed by atoms with Gasteiger partial charge in [-0.1, -0.05) is 12.1 Å². The Kier molecular flexibility index (Phi) is 2.77. The van der Waals surface area contributed by atoms with Crippen molar-refractivity contribution in [2.24, 2.45) is 0 Å². The molecule has 0 amide bonds. The largest absolute Gasteiger partial charge is 0.338 e. The van der Waals surface area contributed by atoms with E-state index >= 15 is 0 Å². The van der Waals surface area contributed by atoms with Crippen LogP contribution in [0, 0.1) is 15.2 Å². The highest BCUT2D eigenvalue weighted by Crippen LogP contribution is 2.27. The number of hydrogen-bond acceptors (Lipinski definition) is 1. The SMILES string of the molecule is Fc1cc(I)cc(F)c1-c1nc2ccccc2[nH]1. The Balaban J connectivity index is 2.26. The lowest BCUT2D eigenvalue weighted by Gasteiger charge is -2.02. The molecule has 0 aliphatic rings. The van der Waals surface area contributed by atoms with Gasteiger partial charge < -0.3 is 4.98 Å². The number of hydrogen-bond donors (Lipinski definition) is 1. The van der Waals surface area contributed by atoms with Crippen molar-refractivity contribution < 1.29 is 8.78 Å². The highest BCUT2D eigenvalue weighted by atomic mass is 127. The van der Waals surface area contributed by atoms with E-state index in [4.69, 9.17) is 0 Å². The standard InChI is InChI=1S/C13H7F2IN2/c14-8-5-7(16)6-9(15)12(8)13-17-10-3-1-2-4-11(10)18-13/h1-6H,(H,17,18). The van der Waals surface area contributed by atoms with Gasteiger partial charge in [0.25, 0.3) is 0 Å². The summed E-state index contributed by atoms with van der Waals surface area (Å²) in [6.07, 6.45) is 0. The van der Waals surface area contributed by atoms with E-state index < -0.39 is 11.6 Å². The number of halogens is 3. The molecule has 0 radical (unpaired) electrons. The summed E-state index contributed by atoms with van der Waals surface area (Å²) in [6, 6.07) is 9.84. The molecule has 1 aromatic heterocycles. The number of imidazole rings is 1. The maximum Gasteiger partial charge on any atom is 0.144 e. The third-order valence-electron chi connectivity index (χ3n) is 2.63. The number of aromatic amines is 1. The van der Waals surface area contributed by atoms with Crippen molar-refractivity contribution in [2.75, 3.05) is 0 Å². The summed E-state index contributed by atoms with van der Waals surface area (Å²) in [5, 5.41) is 0. The van der Waals surface area contributed by atoms with Crippen LogP contribution in [0.25, 0.3) is 22.4 Å². The first-order valence-corrected chi connectivity index (χ1v) is 6.32. The van der Waals surface area contributed by atoms with Gasteiger partial charge in [0.05, 0.1) is 16.6 Å². The van der Waals surface area contributed by atoms with Gasteiger partial charge in [0.1, 0.15) is 17.5 Å². The first-order chi connectivity index (χ1) is 8.65. The zero-order chi connectivity index (χ0) is 12.7. The Labute approximate surface area is 115 Å². The molecule has 0 fully saturated rings. The first-order valence-electron chi connectivity index (χ1n) is 5.25. The molecule has 2 aromatic carbocycles. The van der Waals surface area contributed by atoms with Gasteiger partial charge in [-0.3, -0.25) is 0 Å². The van der Waals surface area contributed by atoms with E-state index in [9.17, 15) is 8.78 Å². The van der Waals surface area contributed by atoms with Crippen LogP contribution in [-0.4, -0.2) is 9.97 Å². The highest BCUT2D eigenvalue weighted by molar-refractivity contribution is 14.1. The molecule has 0 atom stereocenters. The summed E-state index contributed by atoms with van der Waals surface area (Å²) in [7, 11) is 0. The molecule has 0 saturated heterocycles. The quantitative estimate of drug-likeness (QED) is 0.653. The van der Waals surface area contributed by atoms with E-state index in [0.29, 0.717) is 9.09 Å². The number of H-pyrrole nitrogens is 1. The molecule has 18 heavy (non-hydrogen) atoms. The molecule has 3 aromatic rings. The average Bonchev–Trinajstić information content (AvgIpc) is 2.70. The molecule has 2 nitrogen and oxygen atoms in total. The molecule has 0 bridgehead atoms. The Hall–Kier alpha value is -1.50. The van der Waals surface area contributed by atoms with Gasteiger partial charge in [-0.2, -0.15) is 0 Å². The number of fused-ring (bicyclic) bond motifs is 1. The van der Waals surface area contributed by atoms with Crippen LogP contribution in [0.4, 0.5) is 8.78 Å². The van der Waals surface area contributed by atoms with Crippen LogP contribution in [0.15, 0.2) is 36.4 Å². The van der Waals surface area contributed by atoms with Crippen LogP contribution in [0.2, 0.25) is 0 Å². The van der Waals surface area contributed by atoms with E-state index in [1.807, 2.05) is 40.8 Å². The van der Waals surface area contributed by atoms with Crippen LogP contribution in [-0.2, 0) is 0 Å². The van der Waals surface area contributed by atoms with Gasteiger partial charge in [0, 0.05) is 3.57 Å². The summed E-state index contributed by atoms with van der Waals surface area (Å²) >= 11 is 1.87. The average molecular weight is 356 g/mol. The first kappa shape index (κ1) is 11.6. The van der Waals surface area contributed by atoms with Gasteiger partial charge in [-0.25, -0.2) is 13.8 Å². The van der Waals surface area contributed by atoms with E-state index in [0.717, 1.165) is 5.52 Å². The summed E-state index contributed by atoms with van der Waals surface area (Å²) in [4.78, 5) is 7.12. The van der Waals surface area contributed by atoms with Gasteiger partial charge in [-0.05, 0) is 46.9 Å². The maximum absolute atomic E-state index is 13.8. The number of para-hydroxylation sites is 2. The van der Waals surface area contributed by atoms with Gasteiger partial charge in [0.2, 0.25) is 0 Å². The molecule has 1 heterocycles. The molecule has 5 heteroatoms. The monoisotopic (exact) mass is 356 g/mol. The van der Waals surface area contributed by atoms with Crippen LogP contribution in [0.5, 0.6) is 0 Å². The fourth-order valence-electron chi connectivity index (χ4n) is 1.84. The number of aromatic nitrogens is 2. The Morgan fingerprint density at radius 3 is 2.39 bits per heavy atom. The number of nitrogens with zero attached hydrogens (tertiary/aromatic N) is 1. The van der Waals surface area contributed by atoms with Crippen LogP contribution in [0.3, 0.4) is 0 Å². The number of benzene rings is 2. The topological polar surface area (TPSA) is 28.7 Å². The lowest BCUT2D eigenvalue weighted by molar-refractivity contribution is 0.586. The maximum atomic E-state index is 13.8. The summed E-state index contributed by atoms with van der Waals surface area (Å²) in [5.41, 5.74) is 1.32. The van der Waals surface area contributed by atoms with E-state index in [1.165, 1.54) is 12.1 Å². The minimum atomic E-state index is -0.613. The number of rotatable bonds is 1.